The van der Waals surface area contributed by atoms with E-state index in [1.165, 1.54) is 12.8 Å². The van der Waals surface area contributed by atoms with Gasteiger partial charge in [-0.15, -0.1) is 0 Å². The Balaban J connectivity index is 1.76. The lowest BCUT2D eigenvalue weighted by atomic mass is 9.98. The smallest absolute Gasteiger partial charge is 0.279 e. The summed E-state index contributed by atoms with van der Waals surface area (Å²) in [4.78, 5) is 2.36. The Hall–Kier alpha value is -0.210. The van der Waals surface area contributed by atoms with Gasteiger partial charge in [-0.25, -0.2) is 4.72 Å². The van der Waals surface area contributed by atoms with Gasteiger partial charge in [0.15, 0.2) is 0 Å². The van der Waals surface area contributed by atoms with Gasteiger partial charge >= 0.3 is 0 Å². The minimum Gasteiger partial charge on any atom is -0.319 e. The van der Waals surface area contributed by atoms with Crippen LogP contribution in [0.25, 0.3) is 0 Å². The van der Waals surface area contributed by atoms with Crippen LogP contribution in [0.2, 0.25) is 0 Å². The molecule has 0 aromatic heterocycles. The zero-order valence-corrected chi connectivity index (χ0v) is 14.2. The fraction of sp³-hybridized carbons (Fsp3) is 1.00. The molecule has 2 fully saturated rings. The first-order valence-corrected chi connectivity index (χ1v) is 9.60. The van der Waals surface area contributed by atoms with Crippen LogP contribution in [0.3, 0.4) is 0 Å². The highest BCUT2D eigenvalue weighted by Gasteiger charge is 2.28. The van der Waals surface area contributed by atoms with E-state index in [1.54, 1.807) is 4.31 Å². The predicted molar refractivity (Wildman–Crippen MR) is 85.4 cm³/mol. The molecule has 1 unspecified atom stereocenters. The van der Waals surface area contributed by atoms with Crippen LogP contribution in [0.4, 0.5) is 0 Å². The van der Waals surface area contributed by atoms with Gasteiger partial charge in [0.05, 0.1) is 0 Å². The Bertz CT molecular complexity index is 401. The van der Waals surface area contributed by atoms with Crippen LogP contribution in [0.15, 0.2) is 0 Å². The third-order valence-electron chi connectivity index (χ3n) is 4.73. The molecular formula is C14H30N4O2S. The number of hydrogen-bond acceptors (Lipinski definition) is 4. The lowest BCUT2D eigenvalue weighted by Gasteiger charge is -2.32. The van der Waals surface area contributed by atoms with Gasteiger partial charge in [-0.1, -0.05) is 0 Å². The molecule has 2 aliphatic rings. The lowest BCUT2D eigenvalue weighted by molar-refractivity contribution is 0.250. The minimum atomic E-state index is -3.31. The van der Waals surface area contributed by atoms with Crippen molar-refractivity contribution in [1.29, 1.82) is 0 Å². The number of piperidine rings is 1. The molecule has 2 N–H and O–H groups in total. The Morgan fingerprint density at radius 2 is 1.76 bits per heavy atom. The SMILES string of the molecule is CNCC1CCN(S(=O)(=O)NCC(C)N2CCCC2)CC1. The van der Waals surface area contributed by atoms with E-state index in [9.17, 15) is 8.42 Å². The van der Waals surface area contributed by atoms with Gasteiger partial charge < -0.3 is 5.32 Å². The fourth-order valence-electron chi connectivity index (χ4n) is 3.27. The van der Waals surface area contributed by atoms with Crippen molar-refractivity contribution >= 4 is 10.2 Å². The van der Waals surface area contributed by atoms with E-state index in [2.05, 4.69) is 21.9 Å². The summed E-state index contributed by atoms with van der Waals surface area (Å²) >= 11 is 0. The van der Waals surface area contributed by atoms with Gasteiger partial charge in [0.25, 0.3) is 10.2 Å². The predicted octanol–water partition coefficient (Wildman–Crippen LogP) is 0.237. The van der Waals surface area contributed by atoms with Crippen molar-refractivity contribution in [2.24, 2.45) is 5.92 Å². The topological polar surface area (TPSA) is 64.7 Å². The number of nitrogens with zero attached hydrogens (tertiary/aromatic N) is 2. The molecule has 2 aliphatic heterocycles. The molecule has 6 nitrogen and oxygen atoms in total. The van der Waals surface area contributed by atoms with Crippen molar-refractivity contribution in [3.05, 3.63) is 0 Å². The standard InChI is InChI=1S/C14H30N4O2S/c1-13(17-7-3-4-8-17)11-16-21(19,20)18-9-5-14(6-10-18)12-15-2/h13-16H,3-12H2,1-2H3. The van der Waals surface area contributed by atoms with Crippen LogP contribution < -0.4 is 10.0 Å². The van der Waals surface area contributed by atoms with Crippen molar-refractivity contribution in [1.82, 2.24) is 19.2 Å². The zero-order valence-electron chi connectivity index (χ0n) is 13.3. The molecule has 0 saturated carbocycles. The highest BCUT2D eigenvalue weighted by molar-refractivity contribution is 7.87. The number of hydrogen-bond donors (Lipinski definition) is 2. The molecule has 124 valence electrons. The highest BCUT2D eigenvalue weighted by Crippen LogP contribution is 2.18. The third-order valence-corrected chi connectivity index (χ3v) is 6.31. The van der Waals surface area contributed by atoms with Crippen molar-refractivity contribution in [3.8, 4) is 0 Å². The first kappa shape index (κ1) is 17.1. The van der Waals surface area contributed by atoms with Gasteiger partial charge in [-0.05, 0) is 65.2 Å². The summed E-state index contributed by atoms with van der Waals surface area (Å²) in [7, 11) is -1.36. The second-order valence-corrected chi connectivity index (χ2v) is 8.10. The summed E-state index contributed by atoms with van der Waals surface area (Å²) in [5, 5.41) is 3.17. The Kier molecular flexibility index (Phi) is 6.43. The molecule has 0 aromatic carbocycles. The largest absolute Gasteiger partial charge is 0.319 e. The molecule has 21 heavy (non-hydrogen) atoms. The minimum absolute atomic E-state index is 0.282. The fourth-order valence-corrected chi connectivity index (χ4v) is 4.60. The van der Waals surface area contributed by atoms with Crippen LogP contribution in [-0.2, 0) is 10.2 Å². The van der Waals surface area contributed by atoms with Gasteiger partial charge in [0, 0.05) is 25.7 Å². The number of likely N-dealkylation sites (tertiary alicyclic amines) is 1. The van der Waals surface area contributed by atoms with Crippen molar-refractivity contribution < 1.29 is 8.42 Å². The monoisotopic (exact) mass is 318 g/mol. The van der Waals surface area contributed by atoms with Crippen LogP contribution in [0.1, 0.15) is 32.6 Å². The maximum Gasteiger partial charge on any atom is 0.279 e. The Morgan fingerprint density at radius 3 is 2.33 bits per heavy atom. The molecule has 0 radical (unpaired) electrons. The Morgan fingerprint density at radius 1 is 1.14 bits per heavy atom. The molecule has 1 atom stereocenters. The van der Waals surface area contributed by atoms with Gasteiger partial charge in [0.2, 0.25) is 0 Å². The van der Waals surface area contributed by atoms with Crippen molar-refractivity contribution in [2.75, 3.05) is 46.3 Å². The maximum absolute atomic E-state index is 12.4. The van der Waals surface area contributed by atoms with Crippen molar-refractivity contribution in [3.63, 3.8) is 0 Å². The molecule has 2 saturated heterocycles. The summed E-state index contributed by atoms with van der Waals surface area (Å²) in [6.45, 7) is 7.06. The van der Waals surface area contributed by atoms with Crippen LogP contribution in [0.5, 0.6) is 0 Å². The Labute approximate surface area is 129 Å². The number of rotatable bonds is 7. The van der Waals surface area contributed by atoms with Crippen LogP contribution in [0, 0.1) is 5.92 Å². The molecule has 2 heterocycles. The second kappa shape index (κ2) is 7.87. The first-order valence-electron chi connectivity index (χ1n) is 8.16. The molecule has 0 aliphatic carbocycles. The summed E-state index contributed by atoms with van der Waals surface area (Å²) in [5.74, 6) is 0.602. The zero-order chi connectivity index (χ0) is 15.3. The van der Waals surface area contributed by atoms with Crippen molar-refractivity contribution in [2.45, 2.75) is 38.6 Å². The van der Waals surface area contributed by atoms with Crippen LogP contribution >= 0.6 is 0 Å². The molecule has 0 spiro atoms. The quantitative estimate of drug-likeness (QED) is 0.706. The normalized spacial score (nSPS) is 24.5. The molecule has 0 bridgehead atoms. The summed E-state index contributed by atoms with van der Waals surface area (Å²) < 4.78 is 29.1. The number of nitrogens with one attached hydrogen (secondary N) is 2. The average Bonchev–Trinajstić information content (AvgIpc) is 3.00. The van der Waals surface area contributed by atoms with E-state index in [4.69, 9.17) is 0 Å². The summed E-state index contributed by atoms with van der Waals surface area (Å²) in [5.41, 5.74) is 0. The first-order chi connectivity index (χ1) is 10.0. The molecule has 2 rings (SSSR count). The van der Waals surface area contributed by atoms with Gasteiger partial charge in [0.1, 0.15) is 0 Å². The van der Waals surface area contributed by atoms with Crippen LogP contribution in [-0.4, -0.2) is 70.0 Å². The second-order valence-electron chi connectivity index (χ2n) is 6.35. The third kappa shape index (κ3) is 4.89. The molecular weight excluding hydrogens is 288 g/mol. The van der Waals surface area contributed by atoms with E-state index < -0.39 is 10.2 Å². The summed E-state index contributed by atoms with van der Waals surface area (Å²) in [6.07, 6.45) is 4.36. The molecule has 0 aromatic rings. The lowest BCUT2D eigenvalue weighted by Crippen LogP contribution is -2.49. The molecule has 7 heteroatoms. The van der Waals surface area contributed by atoms with E-state index >= 15 is 0 Å². The van der Waals surface area contributed by atoms with Gasteiger partial charge in [-0.3, -0.25) is 4.90 Å². The highest BCUT2D eigenvalue weighted by atomic mass is 32.2. The molecule has 0 amide bonds. The van der Waals surface area contributed by atoms with E-state index in [0.29, 0.717) is 25.6 Å². The average molecular weight is 318 g/mol. The van der Waals surface area contributed by atoms with E-state index in [-0.39, 0.29) is 6.04 Å². The van der Waals surface area contributed by atoms with E-state index in [0.717, 1.165) is 32.5 Å². The van der Waals surface area contributed by atoms with E-state index in [1.807, 2.05) is 7.05 Å². The maximum atomic E-state index is 12.4. The summed E-state index contributed by atoms with van der Waals surface area (Å²) in [6, 6.07) is 0.282. The van der Waals surface area contributed by atoms with Gasteiger partial charge in [-0.2, -0.15) is 12.7 Å².